The largest absolute Gasteiger partial charge is 0.412 e. The van der Waals surface area contributed by atoms with E-state index in [9.17, 15) is 31.1 Å². The third-order valence-electron chi connectivity index (χ3n) is 2.54. The van der Waals surface area contributed by atoms with Crippen LogP contribution in [-0.4, -0.2) is 33.1 Å². The average Bonchev–Trinajstić information content (AvgIpc) is 2.67. The second-order valence-electron chi connectivity index (χ2n) is 3.56. The fraction of sp³-hybridized carbons (Fsp3) is 0.625. The number of nitrogens with one attached hydrogen (secondary N) is 1. The van der Waals surface area contributed by atoms with Crippen molar-refractivity contribution in [3.05, 3.63) is 12.7 Å². The lowest BCUT2D eigenvalue weighted by Gasteiger charge is -2.34. The van der Waals surface area contributed by atoms with Crippen LogP contribution in [0.5, 0.6) is 0 Å². The van der Waals surface area contributed by atoms with Gasteiger partial charge >= 0.3 is 12.4 Å². The van der Waals surface area contributed by atoms with Crippen LogP contribution in [0, 0.1) is 5.41 Å². The summed E-state index contributed by atoms with van der Waals surface area (Å²) in [5, 5.41) is 6.29. The van der Waals surface area contributed by atoms with Gasteiger partial charge in [-0.15, -0.1) is 10.2 Å². The fourth-order valence-electron chi connectivity index (χ4n) is 1.45. The molecule has 0 aliphatic rings. The van der Waals surface area contributed by atoms with Crippen LogP contribution in [0.4, 0.5) is 26.3 Å². The van der Waals surface area contributed by atoms with Crippen LogP contribution >= 0.6 is 0 Å². The molecule has 11 heteroatoms. The van der Waals surface area contributed by atoms with Crippen molar-refractivity contribution in [1.82, 2.24) is 14.9 Å². The van der Waals surface area contributed by atoms with E-state index in [1.807, 2.05) is 0 Å². The molecule has 5 nitrogen and oxygen atoms in total. The number of aromatic nitrogens is 3. The first kappa shape index (κ1) is 15.2. The number of halogens is 6. The van der Waals surface area contributed by atoms with Crippen LogP contribution < -0.4 is 5.43 Å². The van der Waals surface area contributed by atoms with Gasteiger partial charge in [0.25, 0.3) is 5.91 Å². The van der Waals surface area contributed by atoms with Gasteiger partial charge in [0, 0.05) is 0 Å². The standard InChI is InChI=1S/C8H8F6N4O/c1-2-6(7(9,10)11,8(12,13)14)5(19)17-18-3-15-16-4-18/h3-4H,2H2,1H3,(H,17,19). The fourth-order valence-corrected chi connectivity index (χ4v) is 1.45. The lowest BCUT2D eigenvalue weighted by Crippen LogP contribution is -2.58. The normalized spacial score (nSPS) is 13.4. The van der Waals surface area contributed by atoms with Crippen molar-refractivity contribution in [1.29, 1.82) is 0 Å². The number of nitrogens with zero attached hydrogens (tertiary/aromatic N) is 3. The van der Waals surface area contributed by atoms with Crippen molar-refractivity contribution < 1.29 is 31.1 Å². The molecule has 0 spiro atoms. The Balaban J connectivity index is 3.21. The van der Waals surface area contributed by atoms with Crippen LogP contribution in [-0.2, 0) is 4.79 Å². The zero-order valence-electron chi connectivity index (χ0n) is 9.38. The third kappa shape index (κ3) is 2.49. The molecule has 1 heterocycles. The van der Waals surface area contributed by atoms with Crippen LogP contribution in [0.2, 0.25) is 0 Å². The molecule has 0 atom stereocenters. The maximum absolute atomic E-state index is 12.7. The summed E-state index contributed by atoms with van der Waals surface area (Å²) in [6.45, 7) is 0.632. The molecule has 1 aromatic heterocycles. The Morgan fingerprint density at radius 2 is 1.53 bits per heavy atom. The Kier molecular flexibility index (Phi) is 3.77. The number of hydrogen-bond donors (Lipinski definition) is 1. The van der Waals surface area contributed by atoms with Gasteiger partial charge in [0.2, 0.25) is 5.41 Å². The van der Waals surface area contributed by atoms with Gasteiger partial charge in [-0.3, -0.25) is 10.2 Å². The summed E-state index contributed by atoms with van der Waals surface area (Å²) < 4.78 is 76.9. The quantitative estimate of drug-likeness (QED) is 0.864. The number of hydrogen-bond acceptors (Lipinski definition) is 3. The monoisotopic (exact) mass is 290 g/mol. The molecular weight excluding hydrogens is 282 g/mol. The van der Waals surface area contributed by atoms with E-state index in [1.165, 1.54) is 5.43 Å². The molecule has 108 valence electrons. The SMILES string of the molecule is CCC(C(=O)Nn1cnnc1)(C(F)(F)F)C(F)(F)F. The molecule has 19 heavy (non-hydrogen) atoms. The summed E-state index contributed by atoms with van der Waals surface area (Å²) in [5.41, 5.74) is -3.04. The van der Waals surface area contributed by atoms with Crippen LogP contribution in [0.1, 0.15) is 13.3 Å². The van der Waals surface area contributed by atoms with Gasteiger partial charge in [-0.2, -0.15) is 26.3 Å². The molecule has 1 amide bonds. The molecule has 0 saturated heterocycles. The number of carbonyl (C=O) groups is 1. The summed E-state index contributed by atoms with van der Waals surface area (Å²) >= 11 is 0. The molecule has 1 rings (SSSR count). The minimum atomic E-state index is -5.78. The molecule has 1 aromatic rings. The summed E-state index contributed by atoms with van der Waals surface area (Å²) in [7, 11) is 0. The molecule has 0 radical (unpaired) electrons. The van der Waals surface area contributed by atoms with Crippen molar-refractivity contribution in [3.8, 4) is 0 Å². The first-order valence-electron chi connectivity index (χ1n) is 4.86. The number of amides is 1. The molecule has 0 bridgehead atoms. The van der Waals surface area contributed by atoms with Gasteiger partial charge in [0.15, 0.2) is 0 Å². The smallest absolute Gasteiger partial charge is 0.272 e. The van der Waals surface area contributed by atoms with Gasteiger partial charge in [-0.25, -0.2) is 4.68 Å². The summed E-state index contributed by atoms with van der Waals surface area (Å²) in [4.78, 5) is 11.4. The maximum atomic E-state index is 12.7. The van der Waals surface area contributed by atoms with Crippen molar-refractivity contribution in [3.63, 3.8) is 0 Å². The van der Waals surface area contributed by atoms with Gasteiger partial charge in [0.1, 0.15) is 12.7 Å². The van der Waals surface area contributed by atoms with E-state index in [2.05, 4.69) is 10.2 Å². The molecular formula is C8H8F6N4O. The second-order valence-corrected chi connectivity index (χ2v) is 3.56. The van der Waals surface area contributed by atoms with E-state index in [4.69, 9.17) is 0 Å². The Hall–Kier alpha value is -1.81. The minimum Gasteiger partial charge on any atom is -0.272 e. The predicted octanol–water partition coefficient (Wildman–Crippen LogP) is 1.87. The molecule has 0 aromatic carbocycles. The van der Waals surface area contributed by atoms with Gasteiger partial charge in [0.05, 0.1) is 0 Å². The highest BCUT2D eigenvalue weighted by atomic mass is 19.4. The van der Waals surface area contributed by atoms with E-state index < -0.39 is 30.1 Å². The number of carbonyl (C=O) groups excluding carboxylic acids is 1. The van der Waals surface area contributed by atoms with Gasteiger partial charge in [-0.05, 0) is 6.42 Å². The first-order chi connectivity index (χ1) is 8.56. The van der Waals surface area contributed by atoms with Crippen LogP contribution in [0.25, 0.3) is 0 Å². The van der Waals surface area contributed by atoms with E-state index in [0.717, 1.165) is 12.7 Å². The van der Waals surface area contributed by atoms with E-state index in [-0.39, 0.29) is 0 Å². The van der Waals surface area contributed by atoms with E-state index >= 15 is 0 Å². The highest BCUT2D eigenvalue weighted by molar-refractivity contribution is 5.91. The average molecular weight is 290 g/mol. The lowest BCUT2D eigenvalue weighted by atomic mass is 9.82. The van der Waals surface area contributed by atoms with Crippen molar-refractivity contribution in [2.24, 2.45) is 5.41 Å². The minimum absolute atomic E-state index is 0.504. The molecule has 0 aliphatic heterocycles. The molecule has 0 saturated carbocycles. The van der Waals surface area contributed by atoms with Gasteiger partial charge in [-0.1, -0.05) is 6.92 Å². The van der Waals surface area contributed by atoms with Crippen LogP contribution in [0.3, 0.4) is 0 Å². The molecule has 0 aliphatic carbocycles. The van der Waals surface area contributed by atoms with Crippen molar-refractivity contribution in [2.75, 3.05) is 5.43 Å². The van der Waals surface area contributed by atoms with Gasteiger partial charge < -0.3 is 0 Å². The lowest BCUT2D eigenvalue weighted by molar-refractivity contribution is -0.324. The Bertz CT molecular complexity index is 423. The summed E-state index contributed by atoms with van der Waals surface area (Å²) in [5.74, 6) is -2.24. The molecule has 0 fully saturated rings. The number of rotatable bonds is 3. The Labute approximate surface area is 102 Å². The topological polar surface area (TPSA) is 59.8 Å². The summed E-state index contributed by atoms with van der Waals surface area (Å²) in [6.07, 6.45) is -11.5. The van der Waals surface area contributed by atoms with E-state index in [0.29, 0.717) is 11.6 Å². The van der Waals surface area contributed by atoms with Crippen molar-refractivity contribution in [2.45, 2.75) is 25.7 Å². The van der Waals surface area contributed by atoms with E-state index in [1.54, 1.807) is 0 Å². The molecule has 1 N–H and O–H groups in total. The Morgan fingerprint density at radius 1 is 1.11 bits per heavy atom. The zero-order valence-corrected chi connectivity index (χ0v) is 9.38. The maximum Gasteiger partial charge on any atom is 0.412 e. The third-order valence-corrected chi connectivity index (χ3v) is 2.54. The van der Waals surface area contributed by atoms with Crippen LogP contribution in [0.15, 0.2) is 12.7 Å². The first-order valence-corrected chi connectivity index (χ1v) is 4.86. The highest BCUT2D eigenvalue weighted by Gasteiger charge is 2.74. The highest BCUT2D eigenvalue weighted by Crippen LogP contribution is 2.52. The number of alkyl halides is 6. The summed E-state index contributed by atoms with van der Waals surface area (Å²) in [6, 6.07) is 0. The predicted molar refractivity (Wildman–Crippen MR) is 49.2 cm³/mol. The molecule has 0 unspecified atom stereocenters. The second kappa shape index (κ2) is 4.70. The van der Waals surface area contributed by atoms with Crippen molar-refractivity contribution >= 4 is 5.91 Å². The Morgan fingerprint density at radius 3 is 1.84 bits per heavy atom. The zero-order chi connectivity index (χ0) is 14.9.